The Morgan fingerprint density at radius 2 is 1.74 bits per heavy atom. The molecule has 0 spiro atoms. The van der Waals surface area contributed by atoms with E-state index in [0.29, 0.717) is 11.3 Å². The Labute approximate surface area is 223 Å². The number of nitrogens with zero attached hydrogens (tertiary/aromatic N) is 1. The maximum absolute atomic E-state index is 13.4. The Bertz CT molecular complexity index is 989. The third-order valence-electron chi connectivity index (χ3n) is 5.51. The maximum Gasteiger partial charge on any atom is 0.421 e. The molecule has 1 aromatic rings. The second kappa shape index (κ2) is 14.8. The van der Waals surface area contributed by atoms with Crippen LogP contribution in [0.1, 0.15) is 47.1 Å². The van der Waals surface area contributed by atoms with Gasteiger partial charge < -0.3 is 25.8 Å². The SMILES string of the molecule is C/C(=C\[C@H](C(C)C)N(C)C(=O)[C@@H](NNC(=O)OCc1ccc(NCONC(N)=O)cc1)C(C)(C)C)C(=O)O. The highest BCUT2D eigenvalue weighted by Gasteiger charge is 2.36. The van der Waals surface area contributed by atoms with Crippen LogP contribution >= 0.6 is 0 Å². The molecule has 0 aliphatic heterocycles. The van der Waals surface area contributed by atoms with Crippen molar-refractivity contribution in [3.05, 3.63) is 41.5 Å². The number of likely N-dealkylation sites (N-methyl/N-ethyl adjacent to an activating group) is 1. The quantitative estimate of drug-likeness (QED) is 0.0952. The van der Waals surface area contributed by atoms with Gasteiger partial charge >= 0.3 is 18.1 Å². The summed E-state index contributed by atoms with van der Waals surface area (Å²) >= 11 is 0. The first-order valence-electron chi connectivity index (χ1n) is 12.0. The van der Waals surface area contributed by atoms with Crippen LogP contribution in [0.5, 0.6) is 0 Å². The predicted octanol–water partition coefficient (Wildman–Crippen LogP) is 2.32. The monoisotopic (exact) mass is 536 g/mol. The van der Waals surface area contributed by atoms with Crippen molar-refractivity contribution >= 4 is 29.7 Å². The van der Waals surface area contributed by atoms with Gasteiger partial charge in [-0.3, -0.25) is 15.1 Å². The number of benzene rings is 1. The number of anilines is 1. The van der Waals surface area contributed by atoms with Crippen LogP contribution in [0.2, 0.25) is 0 Å². The molecule has 0 radical (unpaired) electrons. The lowest BCUT2D eigenvalue weighted by Crippen LogP contribution is -2.59. The Kier molecular flexibility index (Phi) is 12.5. The molecule has 0 fully saturated rings. The Hall–Kier alpha value is -3.84. The molecule has 13 nitrogen and oxygen atoms in total. The Morgan fingerprint density at radius 3 is 2.24 bits per heavy atom. The van der Waals surface area contributed by atoms with Crippen LogP contribution in [-0.2, 0) is 25.8 Å². The van der Waals surface area contributed by atoms with Gasteiger partial charge in [-0.1, -0.05) is 52.8 Å². The van der Waals surface area contributed by atoms with Gasteiger partial charge in [0.1, 0.15) is 19.4 Å². The van der Waals surface area contributed by atoms with E-state index < -0.39 is 35.6 Å². The molecule has 212 valence electrons. The van der Waals surface area contributed by atoms with E-state index in [1.165, 1.54) is 11.8 Å². The number of carbonyl (C=O) groups is 4. The van der Waals surface area contributed by atoms with Crippen LogP contribution in [0.15, 0.2) is 35.9 Å². The molecule has 2 atom stereocenters. The summed E-state index contributed by atoms with van der Waals surface area (Å²) in [7, 11) is 1.61. The highest BCUT2D eigenvalue weighted by atomic mass is 16.7. The molecule has 1 rings (SSSR count). The number of hydroxylamine groups is 1. The molecule has 0 aliphatic rings. The molecule has 1 aromatic carbocycles. The lowest BCUT2D eigenvalue weighted by atomic mass is 9.85. The topological polar surface area (TPSA) is 184 Å². The second-order valence-corrected chi connectivity index (χ2v) is 10.1. The van der Waals surface area contributed by atoms with Crippen molar-refractivity contribution in [3.8, 4) is 0 Å². The molecule has 0 bridgehead atoms. The molecule has 38 heavy (non-hydrogen) atoms. The van der Waals surface area contributed by atoms with E-state index in [-0.39, 0.29) is 30.7 Å². The number of carbonyl (C=O) groups excluding carboxylic acids is 3. The van der Waals surface area contributed by atoms with Gasteiger partial charge in [-0.2, -0.15) is 0 Å². The molecular weight excluding hydrogens is 496 g/mol. The number of primary amides is 1. The normalized spacial score (nSPS) is 13.3. The number of rotatable bonds is 13. The zero-order valence-electron chi connectivity index (χ0n) is 23.0. The number of nitrogens with one attached hydrogen (secondary N) is 4. The van der Waals surface area contributed by atoms with Crippen molar-refractivity contribution in [2.24, 2.45) is 17.1 Å². The Morgan fingerprint density at radius 1 is 1.13 bits per heavy atom. The molecule has 0 unspecified atom stereocenters. The van der Waals surface area contributed by atoms with E-state index in [0.717, 1.165) is 0 Å². The van der Waals surface area contributed by atoms with Gasteiger partial charge in [0, 0.05) is 18.3 Å². The molecule has 0 heterocycles. The van der Waals surface area contributed by atoms with Crippen LogP contribution in [0.3, 0.4) is 0 Å². The lowest BCUT2D eigenvalue weighted by Gasteiger charge is -2.37. The maximum atomic E-state index is 13.4. The zero-order chi connectivity index (χ0) is 29.0. The number of hydrogen-bond donors (Lipinski definition) is 6. The van der Waals surface area contributed by atoms with Crippen molar-refractivity contribution in [2.45, 2.75) is 60.2 Å². The molecule has 0 aliphatic carbocycles. The van der Waals surface area contributed by atoms with E-state index in [9.17, 15) is 24.3 Å². The zero-order valence-corrected chi connectivity index (χ0v) is 23.0. The van der Waals surface area contributed by atoms with Gasteiger partial charge in [0.05, 0.1) is 6.04 Å². The molecule has 0 saturated carbocycles. The summed E-state index contributed by atoms with van der Waals surface area (Å²) in [6.07, 6.45) is 0.780. The summed E-state index contributed by atoms with van der Waals surface area (Å²) in [4.78, 5) is 53.9. The summed E-state index contributed by atoms with van der Waals surface area (Å²) in [5.41, 5.74) is 13.1. The number of amides is 4. The van der Waals surface area contributed by atoms with E-state index in [1.54, 1.807) is 37.4 Å². The van der Waals surface area contributed by atoms with Gasteiger partial charge in [0.2, 0.25) is 5.91 Å². The predicted molar refractivity (Wildman–Crippen MR) is 141 cm³/mol. The molecule has 13 heteroatoms. The minimum Gasteiger partial charge on any atom is -0.478 e. The number of urea groups is 1. The van der Waals surface area contributed by atoms with E-state index >= 15 is 0 Å². The number of carboxylic acids is 1. The van der Waals surface area contributed by atoms with Gasteiger partial charge in [0.15, 0.2) is 0 Å². The van der Waals surface area contributed by atoms with Crippen molar-refractivity contribution in [1.82, 2.24) is 21.2 Å². The Balaban J connectivity index is 2.72. The number of carboxylic acid groups (broad SMARTS) is 1. The van der Waals surface area contributed by atoms with Crippen molar-refractivity contribution in [1.29, 1.82) is 0 Å². The first-order valence-corrected chi connectivity index (χ1v) is 12.0. The van der Waals surface area contributed by atoms with Gasteiger partial charge in [-0.25, -0.2) is 25.3 Å². The van der Waals surface area contributed by atoms with Gasteiger partial charge in [-0.15, -0.1) is 0 Å². The van der Waals surface area contributed by atoms with Crippen LogP contribution in [-0.4, -0.2) is 59.9 Å². The smallest absolute Gasteiger partial charge is 0.421 e. The minimum atomic E-state index is -1.05. The van der Waals surface area contributed by atoms with Crippen molar-refractivity contribution in [2.75, 3.05) is 19.1 Å². The fourth-order valence-electron chi connectivity index (χ4n) is 3.34. The number of nitrogens with two attached hydrogens (primary N) is 1. The highest BCUT2D eigenvalue weighted by Crippen LogP contribution is 2.23. The standard InChI is InChI=1S/C25H40N6O7/c1-15(2)19(12-16(3)22(33)34)31(7)21(32)20(25(4,5)6)28-29-24(36)37-13-17-8-10-18(11-9-17)27-14-38-30-23(26)35/h8-12,15,19-20,27-28H,13-14H2,1-7H3,(H,29,36)(H,33,34)(H3,26,30,35)/b16-12+/t19-,20-/m1/s1. The van der Waals surface area contributed by atoms with Crippen LogP contribution < -0.4 is 27.4 Å². The molecule has 7 N–H and O–H groups in total. The van der Waals surface area contributed by atoms with Crippen LogP contribution in [0.25, 0.3) is 0 Å². The first kappa shape index (κ1) is 32.2. The highest BCUT2D eigenvalue weighted by molar-refractivity contribution is 5.87. The van der Waals surface area contributed by atoms with Crippen LogP contribution in [0, 0.1) is 11.3 Å². The van der Waals surface area contributed by atoms with Crippen molar-refractivity contribution < 1.29 is 33.9 Å². The summed E-state index contributed by atoms with van der Waals surface area (Å²) in [6.45, 7) is 10.8. The fourth-order valence-corrected chi connectivity index (χ4v) is 3.34. The fraction of sp³-hybridized carbons (Fsp3) is 0.520. The summed E-state index contributed by atoms with van der Waals surface area (Å²) < 4.78 is 5.24. The lowest BCUT2D eigenvalue weighted by molar-refractivity contribution is -0.137. The first-order chi connectivity index (χ1) is 17.6. The number of ether oxygens (including phenoxy) is 1. The largest absolute Gasteiger partial charge is 0.478 e. The van der Waals surface area contributed by atoms with E-state index in [4.69, 9.17) is 15.3 Å². The third kappa shape index (κ3) is 11.0. The van der Waals surface area contributed by atoms with E-state index in [2.05, 4.69) is 16.2 Å². The second-order valence-electron chi connectivity index (χ2n) is 10.1. The third-order valence-corrected chi connectivity index (χ3v) is 5.51. The molecular formula is C25H40N6O7. The average molecular weight is 537 g/mol. The number of aliphatic carboxylic acids is 1. The minimum absolute atomic E-state index is 0.00306. The van der Waals surface area contributed by atoms with Crippen molar-refractivity contribution in [3.63, 3.8) is 0 Å². The van der Waals surface area contributed by atoms with Crippen LogP contribution in [0.4, 0.5) is 15.3 Å². The number of hydrogen-bond acceptors (Lipinski definition) is 8. The summed E-state index contributed by atoms with van der Waals surface area (Å²) in [6, 6.07) is 4.85. The van der Waals surface area contributed by atoms with Gasteiger partial charge in [-0.05, 0) is 36.0 Å². The number of hydrazine groups is 1. The summed E-state index contributed by atoms with van der Waals surface area (Å²) in [5.74, 6) is -1.41. The molecule has 0 saturated heterocycles. The molecule has 0 aromatic heterocycles. The molecule has 4 amide bonds. The average Bonchev–Trinajstić information content (AvgIpc) is 2.82. The van der Waals surface area contributed by atoms with Gasteiger partial charge in [0.25, 0.3) is 0 Å². The summed E-state index contributed by atoms with van der Waals surface area (Å²) in [5, 5.41) is 12.2. The van der Waals surface area contributed by atoms with E-state index in [1.807, 2.05) is 40.1 Å².